The van der Waals surface area contributed by atoms with E-state index in [0.717, 1.165) is 17.9 Å². The van der Waals surface area contributed by atoms with Gasteiger partial charge in [-0.25, -0.2) is 4.98 Å². The second-order valence-corrected chi connectivity index (χ2v) is 6.35. The summed E-state index contributed by atoms with van der Waals surface area (Å²) in [5.41, 5.74) is 9.03. The van der Waals surface area contributed by atoms with E-state index in [1.165, 1.54) is 11.1 Å². The Hall–Kier alpha value is -1.03. The Morgan fingerprint density at radius 3 is 2.89 bits per heavy atom. The maximum absolute atomic E-state index is 6.40. The van der Waals surface area contributed by atoms with Crippen molar-refractivity contribution >= 4 is 23.4 Å². The van der Waals surface area contributed by atoms with Gasteiger partial charge in [-0.05, 0) is 36.1 Å². The molecule has 1 heterocycles. The third-order valence-electron chi connectivity index (χ3n) is 3.50. The molecule has 98 valence electrons. The highest BCUT2D eigenvalue weighted by Crippen LogP contribution is 2.39. The van der Waals surface area contributed by atoms with E-state index in [0.29, 0.717) is 10.3 Å². The average molecular weight is 291 g/mol. The summed E-state index contributed by atoms with van der Waals surface area (Å²) in [6, 6.07) is 12.2. The number of benzene rings is 1. The van der Waals surface area contributed by atoms with E-state index in [1.807, 2.05) is 12.1 Å². The molecule has 3 rings (SSSR count). The van der Waals surface area contributed by atoms with Gasteiger partial charge in [-0.1, -0.05) is 47.6 Å². The molecule has 2 unspecified atom stereocenters. The maximum Gasteiger partial charge on any atom is 0.115 e. The Balaban J connectivity index is 1.83. The monoisotopic (exact) mass is 290 g/mol. The second kappa shape index (κ2) is 5.53. The zero-order valence-electron chi connectivity index (χ0n) is 10.4. The number of thioether (sulfide) groups is 1. The van der Waals surface area contributed by atoms with E-state index in [9.17, 15) is 0 Å². The Labute approximate surface area is 122 Å². The molecule has 0 fully saturated rings. The normalized spacial score (nSPS) is 22.0. The zero-order valence-corrected chi connectivity index (χ0v) is 12.0. The SMILES string of the molecule is NC1c2ccccc2CCC1Sc1ncccc1Cl. The van der Waals surface area contributed by atoms with Crippen molar-refractivity contribution in [3.63, 3.8) is 0 Å². The summed E-state index contributed by atoms with van der Waals surface area (Å²) in [6.45, 7) is 0. The van der Waals surface area contributed by atoms with Gasteiger partial charge in [0.1, 0.15) is 5.03 Å². The number of aromatic nitrogens is 1. The zero-order chi connectivity index (χ0) is 13.2. The molecule has 2 aromatic rings. The Bertz CT molecular complexity index is 588. The number of nitrogens with two attached hydrogens (primary N) is 1. The molecule has 0 bridgehead atoms. The summed E-state index contributed by atoms with van der Waals surface area (Å²) in [6.07, 6.45) is 3.91. The van der Waals surface area contributed by atoms with Crippen molar-refractivity contribution in [3.05, 3.63) is 58.7 Å². The molecule has 0 radical (unpaired) electrons. The molecular formula is C15H15ClN2S. The summed E-state index contributed by atoms with van der Waals surface area (Å²) in [7, 11) is 0. The number of pyridine rings is 1. The second-order valence-electron chi connectivity index (χ2n) is 4.71. The minimum absolute atomic E-state index is 0.0491. The highest BCUT2D eigenvalue weighted by Gasteiger charge is 2.27. The van der Waals surface area contributed by atoms with Crippen LogP contribution < -0.4 is 5.73 Å². The van der Waals surface area contributed by atoms with Crippen LogP contribution >= 0.6 is 23.4 Å². The van der Waals surface area contributed by atoms with Crippen molar-refractivity contribution in [2.45, 2.75) is 29.2 Å². The van der Waals surface area contributed by atoms with Gasteiger partial charge in [-0.15, -0.1) is 0 Å². The molecule has 4 heteroatoms. The van der Waals surface area contributed by atoms with Gasteiger partial charge in [0.25, 0.3) is 0 Å². The number of halogens is 1. The van der Waals surface area contributed by atoms with Gasteiger partial charge in [0.2, 0.25) is 0 Å². The smallest absolute Gasteiger partial charge is 0.115 e. The number of nitrogens with zero attached hydrogens (tertiary/aromatic N) is 1. The summed E-state index contributed by atoms with van der Waals surface area (Å²) in [5.74, 6) is 0. The lowest BCUT2D eigenvalue weighted by Gasteiger charge is -2.30. The molecule has 0 saturated carbocycles. The van der Waals surface area contributed by atoms with Crippen LogP contribution in [0.5, 0.6) is 0 Å². The van der Waals surface area contributed by atoms with Crippen LogP contribution in [0.1, 0.15) is 23.6 Å². The summed E-state index contributed by atoms with van der Waals surface area (Å²) in [4.78, 5) is 4.34. The average Bonchev–Trinajstić information content (AvgIpc) is 2.44. The molecule has 0 saturated heterocycles. The molecule has 1 aromatic heterocycles. The lowest BCUT2D eigenvalue weighted by Crippen LogP contribution is -2.29. The van der Waals surface area contributed by atoms with E-state index in [-0.39, 0.29) is 6.04 Å². The first kappa shape index (κ1) is 13.0. The molecule has 2 nitrogen and oxygen atoms in total. The first-order chi connectivity index (χ1) is 9.25. The van der Waals surface area contributed by atoms with Crippen LogP contribution in [0, 0.1) is 0 Å². The fraction of sp³-hybridized carbons (Fsp3) is 0.267. The summed E-state index contributed by atoms with van der Waals surface area (Å²) in [5, 5.41) is 1.92. The van der Waals surface area contributed by atoms with Crippen LogP contribution in [0.15, 0.2) is 47.6 Å². The van der Waals surface area contributed by atoms with E-state index in [4.69, 9.17) is 17.3 Å². The Morgan fingerprint density at radius 1 is 1.21 bits per heavy atom. The lowest BCUT2D eigenvalue weighted by molar-refractivity contribution is 0.586. The van der Waals surface area contributed by atoms with Gasteiger partial charge >= 0.3 is 0 Å². The van der Waals surface area contributed by atoms with E-state index >= 15 is 0 Å². The molecule has 1 aliphatic carbocycles. The number of rotatable bonds is 2. The third kappa shape index (κ3) is 2.64. The Kier molecular flexibility index (Phi) is 3.78. The number of hydrogen-bond acceptors (Lipinski definition) is 3. The van der Waals surface area contributed by atoms with E-state index in [1.54, 1.807) is 18.0 Å². The van der Waals surface area contributed by atoms with Crippen LogP contribution in [0.25, 0.3) is 0 Å². The fourth-order valence-electron chi connectivity index (χ4n) is 2.50. The molecule has 0 aliphatic heterocycles. The molecule has 1 aromatic carbocycles. The molecule has 2 atom stereocenters. The molecule has 2 N–H and O–H groups in total. The highest BCUT2D eigenvalue weighted by molar-refractivity contribution is 8.00. The fourth-order valence-corrected chi connectivity index (χ4v) is 3.87. The van der Waals surface area contributed by atoms with Crippen molar-refractivity contribution < 1.29 is 0 Å². The maximum atomic E-state index is 6.40. The van der Waals surface area contributed by atoms with Gasteiger partial charge in [-0.2, -0.15) is 0 Å². The lowest BCUT2D eigenvalue weighted by atomic mass is 9.88. The summed E-state index contributed by atoms with van der Waals surface area (Å²) < 4.78 is 0. The minimum Gasteiger partial charge on any atom is -0.323 e. The first-order valence-corrected chi connectivity index (χ1v) is 7.62. The van der Waals surface area contributed by atoms with Gasteiger partial charge in [-0.3, -0.25) is 0 Å². The van der Waals surface area contributed by atoms with E-state index < -0.39 is 0 Å². The van der Waals surface area contributed by atoms with Crippen molar-refractivity contribution in [2.75, 3.05) is 0 Å². The minimum atomic E-state index is 0.0491. The number of aryl methyl sites for hydroxylation is 1. The topological polar surface area (TPSA) is 38.9 Å². The van der Waals surface area contributed by atoms with Gasteiger partial charge in [0.05, 0.1) is 5.02 Å². The van der Waals surface area contributed by atoms with Gasteiger partial charge < -0.3 is 5.73 Å². The highest BCUT2D eigenvalue weighted by atomic mass is 35.5. The molecule has 1 aliphatic rings. The standard InChI is InChI=1S/C15H15ClN2S/c16-12-6-3-9-18-15(12)19-13-8-7-10-4-1-2-5-11(10)14(13)17/h1-6,9,13-14H,7-8,17H2. The number of fused-ring (bicyclic) bond motifs is 1. The van der Waals surface area contributed by atoms with Crippen molar-refractivity contribution in [3.8, 4) is 0 Å². The Morgan fingerprint density at radius 2 is 2.05 bits per heavy atom. The molecular weight excluding hydrogens is 276 g/mol. The van der Waals surface area contributed by atoms with Crippen molar-refractivity contribution in [2.24, 2.45) is 5.73 Å². The van der Waals surface area contributed by atoms with Crippen LogP contribution in [0.3, 0.4) is 0 Å². The van der Waals surface area contributed by atoms with Gasteiger partial charge in [0, 0.05) is 17.5 Å². The third-order valence-corrected chi connectivity index (χ3v) is 5.30. The van der Waals surface area contributed by atoms with Crippen molar-refractivity contribution in [1.82, 2.24) is 4.98 Å². The number of hydrogen-bond donors (Lipinski definition) is 1. The molecule has 19 heavy (non-hydrogen) atoms. The van der Waals surface area contributed by atoms with Crippen LogP contribution in [-0.4, -0.2) is 10.2 Å². The van der Waals surface area contributed by atoms with Gasteiger partial charge in [0.15, 0.2) is 0 Å². The predicted molar refractivity (Wildman–Crippen MR) is 80.6 cm³/mol. The van der Waals surface area contributed by atoms with E-state index in [2.05, 4.69) is 29.2 Å². The largest absolute Gasteiger partial charge is 0.323 e. The molecule has 0 spiro atoms. The predicted octanol–water partition coefficient (Wildman–Crippen LogP) is 3.84. The first-order valence-electron chi connectivity index (χ1n) is 6.36. The van der Waals surface area contributed by atoms with Crippen LogP contribution in [0.4, 0.5) is 0 Å². The van der Waals surface area contributed by atoms with Crippen LogP contribution in [0.2, 0.25) is 5.02 Å². The quantitative estimate of drug-likeness (QED) is 0.913. The molecule has 0 amide bonds. The summed E-state index contributed by atoms with van der Waals surface area (Å²) >= 11 is 7.86. The van der Waals surface area contributed by atoms with Crippen LogP contribution in [-0.2, 0) is 6.42 Å². The van der Waals surface area contributed by atoms with Crippen molar-refractivity contribution in [1.29, 1.82) is 0 Å².